The van der Waals surface area contributed by atoms with Crippen LogP contribution in [0.4, 0.5) is 20.3 Å². The number of amides is 1. The van der Waals surface area contributed by atoms with Crippen LogP contribution in [0.25, 0.3) is 5.65 Å². The topological polar surface area (TPSA) is 110 Å². The third-order valence-electron chi connectivity index (χ3n) is 7.01. The molecule has 12 heteroatoms. The molecule has 2 aliphatic heterocycles. The Labute approximate surface area is 193 Å². The average molecular weight is 473 g/mol. The second kappa shape index (κ2) is 7.98. The quantitative estimate of drug-likeness (QED) is 0.586. The van der Waals surface area contributed by atoms with Gasteiger partial charge >= 0.3 is 6.11 Å². The van der Waals surface area contributed by atoms with E-state index in [9.17, 15) is 18.7 Å². The van der Waals surface area contributed by atoms with Crippen LogP contribution in [0.5, 0.6) is 0 Å². The third-order valence-corrected chi connectivity index (χ3v) is 7.01. The normalized spacial score (nSPS) is 23.2. The maximum Gasteiger partial charge on any atom is 0.401 e. The van der Waals surface area contributed by atoms with Gasteiger partial charge in [0.1, 0.15) is 11.4 Å². The fourth-order valence-electron chi connectivity index (χ4n) is 5.29. The summed E-state index contributed by atoms with van der Waals surface area (Å²) >= 11 is 0. The summed E-state index contributed by atoms with van der Waals surface area (Å²) in [5.41, 5.74) is -0.645. The maximum absolute atomic E-state index is 13.9. The Hall–Kier alpha value is -3.12. The van der Waals surface area contributed by atoms with Gasteiger partial charge in [-0.25, -0.2) is 9.50 Å². The van der Waals surface area contributed by atoms with Crippen molar-refractivity contribution in [3.05, 3.63) is 35.9 Å². The molecule has 3 aliphatic rings. The number of anilines is 2. The van der Waals surface area contributed by atoms with Gasteiger partial charge in [-0.1, -0.05) is 19.3 Å². The number of halogens is 2. The molecule has 3 aromatic rings. The summed E-state index contributed by atoms with van der Waals surface area (Å²) in [5.74, 6) is 0.0603. The highest BCUT2D eigenvalue weighted by Gasteiger charge is 2.40. The molecular weight excluding hydrogens is 448 g/mol. The van der Waals surface area contributed by atoms with Crippen molar-refractivity contribution in [3.63, 3.8) is 0 Å². The summed E-state index contributed by atoms with van der Waals surface area (Å²) in [7, 11) is 0. The molecule has 34 heavy (non-hydrogen) atoms. The van der Waals surface area contributed by atoms with Crippen LogP contribution >= 0.6 is 0 Å². The summed E-state index contributed by atoms with van der Waals surface area (Å²) in [6, 6.07) is 2.04. The Balaban J connectivity index is 1.29. The number of fused-ring (bicyclic) bond motifs is 3. The van der Waals surface area contributed by atoms with E-state index in [1.807, 2.05) is 6.07 Å². The Bertz CT molecular complexity index is 1230. The molecule has 1 amide bonds. The zero-order chi connectivity index (χ0) is 23.4. The van der Waals surface area contributed by atoms with Crippen LogP contribution in [0.15, 0.2) is 24.7 Å². The van der Waals surface area contributed by atoms with E-state index >= 15 is 0 Å². The van der Waals surface area contributed by atoms with Gasteiger partial charge in [-0.3, -0.25) is 9.48 Å². The van der Waals surface area contributed by atoms with Crippen molar-refractivity contribution in [2.24, 2.45) is 0 Å². The number of aliphatic hydroxyl groups is 1. The molecule has 3 fully saturated rings. The van der Waals surface area contributed by atoms with E-state index in [0.717, 1.165) is 45.1 Å². The monoisotopic (exact) mass is 473 g/mol. The molecular formula is C22H25F2N7O3. The molecule has 2 unspecified atom stereocenters. The van der Waals surface area contributed by atoms with Gasteiger partial charge in [-0.05, 0) is 25.3 Å². The van der Waals surface area contributed by atoms with Gasteiger partial charge in [0.25, 0.3) is 5.91 Å². The highest BCUT2D eigenvalue weighted by molar-refractivity contribution is 6.08. The maximum atomic E-state index is 13.9. The number of morpholine rings is 1. The van der Waals surface area contributed by atoms with E-state index < -0.39 is 17.7 Å². The Kier molecular flexibility index (Phi) is 5.03. The first-order valence-electron chi connectivity index (χ1n) is 11.6. The minimum Gasteiger partial charge on any atom is -0.374 e. The van der Waals surface area contributed by atoms with Crippen LogP contribution in [0.3, 0.4) is 0 Å². The van der Waals surface area contributed by atoms with Gasteiger partial charge in [0, 0.05) is 18.9 Å². The fraction of sp³-hybridized carbons (Fsp3) is 0.545. The number of hydrogen-bond acceptors (Lipinski definition) is 7. The molecule has 2 saturated heterocycles. The largest absolute Gasteiger partial charge is 0.401 e. The van der Waals surface area contributed by atoms with Crippen molar-refractivity contribution in [1.29, 1.82) is 0 Å². The van der Waals surface area contributed by atoms with Crippen molar-refractivity contribution in [1.82, 2.24) is 24.4 Å². The lowest BCUT2D eigenvalue weighted by atomic mass is 9.96. The number of hydrogen-bond donors (Lipinski definition) is 2. The number of carbonyl (C=O) groups excluding carboxylic acids is 1. The molecule has 0 radical (unpaired) electrons. The van der Waals surface area contributed by atoms with Crippen LogP contribution in [0.2, 0.25) is 0 Å². The number of alkyl halides is 2. The standard InChI is InChI=1S/C22H25F2N7O3/c23-22(24,33)19-17(11-31(28-19)13-4-2-1-3-5-13)26-21(32)16-9-25-30-7-6-18(27-20(16)30)29-10-15-8-14(29)12-34-15/h6-7,9,11,13-15,33H,1-5,8,10,12H2,(H,26,32). The number of nitrogens with one attached hydrogen (secondary N) is 1. The Morgan fingerprint density at radius 2 is 2.06 bits per heavy atom. The smallest absolute Gasteiger partial charge is 0.374 e. The van der Waals surface area contributed by atoms with E-state index in [4.69, 9.17) is 4.74 Å². The molecule has 5 heterocycles. The predicted molar refractivity (Wildman–Crippen MR) is 117 cm³/mol. The SMILES string of the molecule is O=C(Nc1cn(C2CCCCC2)nc1C(O)(F)F)c1cnn2ccc(N3CC4CC3CO4)nc12. The zero-order valence-electron chi connectivity index (χ0n) is 18.4. The van der Waals surface area contributed by atoms with Gasteiger partial charge in [-0.15, -0.1) is 0 Å². The molecule has 1 saturated carbocycles. The van der Waals surface area contributed by atoms with Crippen molar-refractivity contribution in [3.8, 4) is 0 Å². The summed E-state index contributed by atoms with van der Waals surface area (Å²) in [5, 5.41) is 20.0. The number of ether oxygens (including phenoxy) is 1. The van der Waals surface area contributed by atoms with Crippen LogP contribution in [0.1, 0.15) is 60.6 Å². The lowest BCUT2D eigenvalue weighted by Crippen LogP contribution is -2.37. The van der Waals surface area contributed by atoms with Crippen molar-refractivity contribution in [2.45, 2.75) is 62.8 Å². The first-order chi connectivity index (χ1) is 16.4. The lowest BCUT2D eigenvalue weighted by Gasteiger charge is -2.27. The van der Waals surface area contributed by atoms with E-state index in [0.29, 0.717) is 18.1 Å². The highest BCUT2D eigenvalue weighted by Crippen LogP contribution is 2.35. The molecule has 10 nitrogen and oxygen atoms in total. The zero-order valence-corrected chi connectivity index (χ0v) is 18.4. The number of carbonyl (C=O) groups is 1. The predicted octanol–water partition coefficient (Wildman–Crippen LogP) is 2.70. The second-order valence-corrected chi connectivity index (χ2v) is 9.27. The van der Waals surface area contributed by atoms with E-state index in [1.54, 1.807) is 6.20 Å². The van der Waals surface area contributed by atoms with Crippen LogP contribution in [-0.2, 0) is 10.8 Å². The highest BCUT2D eigenvalue weighted by atomic mass is 19.3. The fourth-order valence-corrected chi connectivity index (χ4v) is 5.29. The molecule has 6 rings (SSSR count). The summed E-state index contributed by atoms with van der Waals surface area (Å²) in [4.78, 5) is 19.9. The van der Waals surface area contributed by atoms with E-state index in [-0.39, 0.29) is 29.4 Å². The van der Waals surface area contributed by atoms with Gasteiger partial charge in [0.15, 0.2) is 11.3 Å². The number of nitrogens with zero attached hydrogens (tertiary/aromatic N) is 6. The minimum absolute atomic E-state index is 0.0403. The minimum atomic E-state index is -4.19. The Morgan fingerprint density at radius 1 is 1.24 bits per heavy atom. The molecule has 180 valence electrons. The van der Waals surface area contributed by atoms with Crippen molar-refractivity contribution in [2.75, 3.05) is 23.4 Å². The van der Waals surface area contributed by atoms with Gasteiger partial charge in [-0.2, -0.15) is 19.0 Å². The van der Waals surface area contributed by atoms with E-state index in [2.05, 4.69) is 25.4 Å². The first kappa shape index (κ1) is 21.4. The van der Waals surface area contributed by atoms with Gasteiger partial charge < -0.3 is 20.1 Å². The van der Waals surface area contributed by atoms with Crippen LogP contribution < -0.4 is 10.2 Å². The number of aromatic nitrogens is 5. The first-order valence-corrected chi connectivity index (χ1v) is 11.6. The molecule has 1 aliphatic carbocycles. The molecule has 0 aromatic carbocycles. The molecule has 3 aromatic heterocycles. The average Bonchev–Trinajstić information content (AvgIpc) is 3.61. The molecule has 2 N–H and O–H groups in total. The second-order valence-electron chi connectivity index (χ2n) is 9.27. The Morgan fingerprint density at radius 3 is 2.76 bits per heavy atom. The van der Waals surface area contributed by atoms with Crippen LogP contribution in [0, 0.1) is 0 Å². The summed E-state index contributed by atoms with van der Waals surface area (Å²) in [6.07, 6.45) is 6.09. The molecule has 0 spiro atoms. The molecule has 2 atom stereocenters. The summed E-state index contributed by atoms with van der Waals surface area (Å²) < 4.78 is 36.4. The lowest BCUT2D eigenvalue weighted by molar-refractivity contribution is -0.211. The van der Waals surface area contributed by atoms with Crippen molar-refractivity contribution < 1.29 is 23.4 Å². The number of rotatable bonds is 5. The van der Waals surface area contributed by atoms with Gasteiger partial charge in [0.05, 0.1) is 36.7 Å². The summed E-state index contributed by atoms with van der Waals surface area (Å²) in [6.45, 7) is 1.38. The molecule has 2 bridgehead atoms. The van der Waals surface area contributed by atoms with Crippen molar-refractivity contribution >= 4 is 23.1 Å². The van der Waals surface area contributed by atoms with Crippen LogP contribution in [-0.4, -0.2) is 60.7 Å². The van der Waals surface area contributed by atoms with E-state index in [1.165, 1.54) is 21.6 Å². The van der Waals surface area contributed by atoms with Gasteiger partial charge in [0.2, 0.25) is 0 Å². The third kappa shape index (κ3) is 3.70.